The number of nitrogens with one attached hydrogen (secondary N) is 1. The number of halogens is 1. The van der Waals surface area contributed by atoms with Crippen LogP contribution in [0.2, 0.25) is 0 Å². The molecule has 0 bridgehead atoms. The summed E-state index contributed by atoms with van der Waals surface area (Å²) in [6.07, 6.45) is 0.762. The Bertz CT molecular complexity index is 363. The van der Waals surface area contributed by atoms with Crippen molar-refractivity contribution in [2.45, 2.75) is 32.6 Å². The third-order valence-electron chi connectivity index (χ3n) is 3.02. The average Bonchev–Trinajstić information content (AvgIpc) is 2.28. The van der Waals surface area contributed by atoms with Gasteiger partial charge in [-0.3, -0.25) is 0 Å². The Morgan fingerprint density at radius 2 is 2.06 bits per heavy atom. The molecule has 0 saturated carbocycles. The van der Waals surface area contributed by atoms with Crippen LogP contribution in [0.3, 0.4) is 0 Å². The van der Waals surface area contributed by atoms with Crippen molar-refractivity contribution in [3.05, 3.63) is 35.1 Å². The van der Waals surface area contributed by atoms with Gasteiger partial charge < -0.3 is 10.4 Å². The third-order valence-corrected chi connectivity index (χ3v) is 3.02. The summed E-state index contributed by atoms with van der Waals surface area (Å²) in [6, 6.07) is 5.28. The summed E-state index contributed by atoms with van der Waals surface area (Å²) in [5.74, 6) is -0.155. The van der Waals surface area contributed by atoms with Crippen LogP contribution in [0.5, 0.6) is 0 Å². The molecule has 0 heterocycles. The largest absolute Gasteiger partial charge is 0.396 e. The summed E-state index contributed by atoms with van der Waals surface area (Å²) >= 11 is 0. The lowest BCUT2D eigenvalue weighted by atomic mass is 9.84. The van der Waals surface area contributed by atoms with E-state index in [0.717, 1.165) is 25.1 Å². The molecule has 0 aliphatic rings. The molecule has 0 unspecified atom stereocenters. The van der Waals surface area contributed by atoms with Gasteiger partial charge in [0.05, 0.1) is 0 Å². The first-order valence-corrected chi connectivity index (χ1v) is 6.05. The van der Waals surface area contributed by atoms with Gasteiger partial charge in [0, 0.05) is 18.6 Å². The zero-order valence-corrected chi connectivity index (χ0v) is 10.9. The van der Waals surface area contributed by atoms with E-state index in [1.807, 2.05) is 12.1 Å². The molecular formula is C14H22FNO. The van der Waals surface area contributed by atoms with Crippen LogP contribution < -0.4 is 5.32 Å². The van der Waals surface area contributed by atoms with Crippen LogP contribution in [-0.4, -0.2) is 24.8 Å². The van der Waals surface area contributed by atoms with Gasteiger partial charge >= 0.3 is 0 Å². The molecule has 3 heteroatoms. The number of aliphatic hydroxyl groups excluding tert-OH is 1. The van der Waals surface area contributed by atoms with Crippen molar-refractivity contribution < 1.29 is 9.50 Å². The monoisotopic (exact) mass is 239 g/mol. The Morgan fingerprint density at radius 3 is 2.65 bits per heavy atom. The van der Waals surface area contributed by atoms with E-state index in [1.54, 1.807) is 6.92 Å². The van der Waals surface area contributed by atoms with Crippen molar-refractivity contribution >= 4 is 0 Å². The molecule has 1 rings (SSSR count). The number of aryl methyl sites for hydroxylation is 1. The van der Waals surface area contributed by atoms with Gasteiger partial charge in [0.25, 0.3) is 0 Å². The Balaban J connectivity index is 2.64. The van der Waals surface area contributed by atoms with Crippen molar-refractivity contribution in [1.82, 2.24) is 5.32 Å². The van der Waals surface area contributed by atoms with Crippen molar-refractivity contribution in [3.8, 4) is 0 Å². The summed E-state index contributed by atoms with van der Waals surface area (Å²) in [7, 11) is 0. The highest BCUT2D eigenvalue weighted by Gasteiger charge is 2.20. The van der Waals surface area contributed by atoms with E-state index in [9.17, 15) is 4.39 Å². The zero-order valence-electron chi connectivity index (χ0n) is 10.9. The van der Waals surface area contributed by atoms with Gasteiger partial charge in [-0.25, -0.2) is 4.39 Å². The van der Waals surface area contributed by atoms with Crippen molar-refractivity contribution in [3.63, 3.8) is 0 Å². The van der Waals surface area contributed by atoms with E-state index in [-0.39, 0.29) is 17.8 Å². The first-order valence-electron chi connectivity index (χ1n) is 6.05. The van der Waals surface area contributed by atoms with E-state index < -0.39 is 0 Å². The molecular weight excluding hydrogens is 217 g/mol. The molecule has 0 atom stereocenters. The second-order valence-corrected chi connectivity index (χ2v) is 5.10. The lowest BCUT2D eigenvalue weighted by molar-refractivity contribution is 0.284. The van der Waals surface area contributed by atoms with E-state index in [0.29, 0.717) is 5.56 Å². The minimum absolute atomic E-state index is 0.0338. The van der Waals surface area contributed by atoms with Gasteiger partial charge in [0.2, 0.25) is 0 Å². The summed E-state index contributed by atoms with van der Waals surface area (Å²) in [6.45, 7) is 7.88. The molecule has 1 aromatic rings. The number of hydrogen-bond acceptors (Lipinski definition) is 2. The fraction of sp³-hybridized carbons (Fsp3) is 0.571. The number of hydrogen-bond donors (Lipinski definition) is 2. The molecule has 2 N–H and O–H groups in total. The Labute approximate surface area is 103 Å². The Morgan fingerprint density at radius 1 is 1.35 bits per heavy atom. The maximum atomic E-state index is 13.2. The molecule has 0 aliphatic heterocycles. The van der Waals surface area contributed by atoms with Crippen molar-refractivity contribution in [2.24, 2.45) is 0 Å². The summed E-state index contributed by atoms with van der Waals surface area (Å²) in [5, 5.41) is 12.0. The maximum Gasteiger partial charge on any atom is 0.126 e. The SMILES string of the molecule is Cc1cc(C(C)(C)CNCCCO)ccc1F. The van der Waals surface area contributed by atoms with E-state index >= 15 is 0 Å². The summed E-state index contributed by atoms with van der Waals surface area (Å²) in [5.41, 5.74) is 1.78. The number of benzene rings is 1. The van der Waals surface area contributed by atoms with Crippen LogP contribution in [0.1, 0.15) is 31.4 Å². The first kappa shape index (κ1) is 14.1. The van der Waals surface area contributed by atoms with Crippen LogP contribution in [0.25, 0.3) is 0 Å². The molecule has 0 saturated heterocycles. The van der Waals surface area contributed by atoms with Gasteiger partial charge in [-0.05, 0) is 37.1 Å². The minimum atomic E-state index is -0.155. The Hall–Kier alpha value is -0.930. The third kappa shape index (κ3) is 4.10. The van der Waals surface area contributed by atoms with Crippen LogP contribution in [0.4, 0.5) is 4.39 Å². The molecule has 0 fully saturated rings. The van der Waals surface area contributed by atoms with Gasteiger partial charge in [-0.1, -0.05) is 26.0 Å². The fourth-order valence-corrected chi connectivity index (χ4v) is 1.77. The Kier molecular flexibility index (Phi) is 5.09. The predicted molar refractivity (Wildman–Crippen MR) is 68.7 cm³/mol. The lowest BCUT2D eigenvalue weighted by Gasteiger charge is -2.26. The molecule has 1 aromatic carbocycles. The van der Waals surface area contributed by atoms with Gasteiger partial charge in [0.1, 0.15) is 5.82 Å². The predicted octanol–water partition coefficient (Wildman–Crippen LogP) is 2.38. The molecule has 96 valence electrons. The van der Waals surface area contributed by atoms with Crippen molar-refractivity contribution in [1.29, 1.82) is 0 Å². The standard InChI is InChI=1S/C14H22FNO/c1-11-9-12(5-6-13(11)15)14(2,3)10-16-7-4-8-17/h5-6,9,16-17H,4,7-8,10H2,1-3H3. The molecule has 0 spiro atoms. The highest BCUT2D eigenvalue weighted by Crippen LogP contribution is 2.24. The molecule has 0 aliphatic carbocycles. The summed E-state index contributed by atoms with van der Waals surface area (Å²) < 4.78 is 13.2. The highest BCUT2D eigenvalue weighted by atomic mass is 19.1. The quantitative estimate of drug-likeness (QED) is 0.747. The normalized spacial score (nSPS) is 11.8. The molecule has 0 aromatic heterocycles. The van der Waals surface area contributed by atoms with Crippen LogP contribution in [0, 0.1) is 12.7 Å². The second-order valence-electron chi connectivity index (χ2n) is 5.10. The highest BCUT2D eigenvalue weighted by molar-refractivity contribution is 5.29. The zero-order chi connectivity index (χ0) is 12.9. The van der Waals surface area contributed by atoms with E-state index in [2.05, 4.69) is 19.2 Å². The molecule has 0 amide bonds. The maximum absolute atomic E-state index is 13.2. The van der Waals surface area contributed by atoms with Crippen LogP contribution in [-0.2, 0) is 5.41 Å². The number of rotatable bonds is 6. The minimum Gasteiger partial charge on any atom is -0.396 e. The summed E-state index contributed by atoms with van der Waals surface area (Å²) in [4.78, 5) is 0. The van der Waals surface area contributed by atoms with Gasteiger partial charge in [-0.2, -0.15) is 0 Å². The van der Waals surface area contributed by atoms with E-state index in [4.69, 9.17) is 5.11 Å². The smallest absolute Gasteiger partial charge is 0.126 e. The topological polar surface area (TPSA) is 32.3 Å². The van der Waals surface area contributed by atoms with Crippen LogP contribution >= 0.6 is 0 Å². The molecule has 2 nitrogen and oxygen atoms in total. The van der Waals surface area contributed by atoms with E-state index in [1.165, 1.54) is 6.07 Å². The van der Waals surface area contributed by atoms with Gasteiger partial charge in [0.15, 0.2) is 0 Å². The van der Waals surface area contributed by atoms with Crippen molar-refractivity contribution in [2.75, 3.05) is 19.7 Å². The average molecular weight is 239 g/mol. The lowest BCUT2D eigenvalue weighted by Crippen LogP contribution is -2.33. The van der Waals surface area contributed by atoms with Crippen LogP contribution in [0.15, 0.2) is 18.2 Å². The van der Waals surface area contributed by atoms with Gasteiger partial charge in [-0.15, -0.1) is 0 Å². The molecule has 0 radical (unpaired) electrons. The second kappa shape index (κ2) is 6.12. The fourth-order valence-electron chi connectivity index (χ4n) is 1.77. The molecule has 17 heavy (non-hydrogen) atoms. The first-order chi connectivity index (χ1) is 7.97. The number of aliphatic hydroxyl groups is 1.